The lowest BCUT2D eigenvalue weighted by Gasteiger charge is -2.37. The van der Waals surface area contributed by atoms with Crippen molar-refractivity contribution in [2.75, 3.05) is 19.0 Å². The summed E-state index contributed by atoms with van der Waals surface area (Å²) in [6.45, 7) is 0.543. The van der Waals surface area contributed by atoms with E-state index in [9.17, 15) is 24.1 Å². The van der Waals surface area contributed by atoms with Crippen molar-refractivity contribution in [3.8, 4) is 5.75 Å². The Hall–Kier alpha value is -4.11. The minimum Gasteiger partial charge on any atom is -0.497 e. The molecular weight excluding hydrogens is 477 g/mol. The number of rotatable bonds is 5. The first-order valence-corrected chi connectivity index (χ1v) is 12.2. The summed E-state index contributed by atoms with van der Waals surface area (Å²) in [5.74, 6) is -2.16. The number of nitro groups is 1. The molecule has 8 nitrogen and oxygen atoms in total. The van der Waals surface area contributed by atoms with Crippen molar-refractivity contribution in [3.63, 3.8) is 0 Å². The molecule has 37 heavy (non-hydrogen) atoms. The smallest absolute Gasteiger partial charge is 0.269 e. The summed E-state index contributed by atoms with van der Waals surface area (Å²) in [4.78, 5) is 41.6. The van der Waals surface area contributed by atoms with Gasteiger partial charge in [-0.1, -0.05) is 24.3 Å². The third-order valence-corrected chi connectivity index (χ3v) is 8.07. The van der Waals surface area contributed by atoms with Crippen LogP contribution in [-0.2, 0) is 10.3 Å². The summed E-state index contributed by atoms with van der Waals surface area (Å²) in [5, 5.41) is 14.5. The zero-order valence-corrected chi connectivity index (χ0v) is 20.0. The average Bonchev–Trinajstić information content (AvgIpc) is 3.57. The number of carbonyl (C=O) groups excluding carboxylic acids is 2. The van der Waals surface area contributed by atoms with E-state index in [2.05, 4.69) is 5.32 Å². The van der Waals surface area contributed by atoms with Gasteiger partial charge in [0.2, 0.25) is 5.91 Å². The van der Waals surface area contributed by atoms with Crippen molar-refractivity contribution < 1.29 is 23.6 Å². The predicted molar refractivity (Wildman–Crippen MR) is 133 cm³/mol. The van der Waals surface area contributed by atoms with Crippen molar-refractivity contribution >= 4 is 23.1 Å². The maximum absolute atomic E-state index is 14.6. The molecule has 6 rings (SSSR count). The third kappa shape index (κ3) is 3.30. The van der Waals surface area contributed by atoms with E-state index in [0.717, 1.165) is 6.42 Å². The molecule has 0 saturated carbocycles. The van der Waals surface area contributed by atoms with Gasteiger partial charge in [0.25, 0.3) is 5.69 Å². The predicted octanol–water partition coefficient (Wildman–Crippen LogP) is 4.65. The Morgan fingerprint density at radius 2 is 1.97 bits per heavy atom. The van der Waals surface area contributed by atoms with Gasteiger partial charge in [-0.2, -0.15) is 0 Å². The summed E-state index contributed by atoms with van der Waals surface area (Å²) in [6.07, 6.45) is 1.49. The SMILES string of the molecule is COc1cccc(C(=O)C2C(c3cccc([N+](=O)[O-])c3)C3CCCN3[C@@]23C(=O)Nc2ccc(F)cc23)c1. The number of benzene rings is 3. The number of ether oxygens (including phenoxy) is 1. The number of amides is 1. The molecule has 1 spiro atoms. The molecule has 3 aromatic carbocycles. The third-order valence-electron chi connectivity index (χ3n) is 8.07. The molecule has 2 fully saturated rings. The fourth-order valence-corrected chi connectivity index (χ4v) is 6.71. The monoisotopic (exact) mass is 501 g/mol. The van der Waals surface area contributed by atoms with E-state index in [-0.39, 0.29) is 23.4 Å². The molecule has 3 aliphatic rings. The highest BCUT2D eigenvalue weighted by Gasteiger charge is 2.69. The molecule has 9 heteroatoms. The van der Waals surface area contributed by atoms with Crippen LogP contribution in [0.3, 0.4) is 0 Å². The van der Waals surface area contributed by atoms with Crippen LogP contribution in [0.25, 0.3) is 0 Å². The van der Waals surface area contributed by atoms with Crippen LogP contribution in [0.15, 0.2) is 66.7 Å². The molecule has 1 N–H and O–H groups in total. The second-order valence-electron chi connectivity index (χ2n) is 9.77. The molecule has 1 amide bonds. The van der Waals surface area contributed by atoms with Crippen LogP contribution in [-0.4, -0.2) is 41.2 Å². The van der Waals surface area contributed by atoms with Crippen LogP contribution >= 0.6 is 0 Å². The number of anilines is 1. The van der Waals surface area contributed by atoms with Crippen LogP contribution in [0.1, 0.15) is 40.2 Å². The first kappa shape index (κ1) is 23.3. The minimum atomic E-state index is -1.45. The van der Waals surface area contributed by atoms with Crippen LogP contribution in [0.2, 0.25) is 0 Å². The first-order valence-electron chi connectivity index (χ1n) is 12.2. The van der Waals surface area contributed by atoms with Gasteiger partial charge >= 0.3 is 0 Å². The van der Waals surface area contributed by atoms with Gasteiger partial charge in [0, 0.05) is 40.9 Å². The molecule has 2 saturated heterocycles. The van der Waals surface area contributed by atoms with Gasteiger partial charge in [-0.3, -0.25) is 24.6 Å². The van der Waals surface area contributed by atoms with E-state index in [1.165, 1.54) is 37.4 Å². The van der Waals surface area contributed by atoms with Crippen LogP contribution in [0.5, 0.6) is 5.75 Å². The van der Waals surface area contributed by atoms with Crippen LogP contribution < -0.4 is 10.1 Å². The van der Waals surface area contributed by atoms with Crippen LogP contribution in [0.4, 0.5) is 15.8 Å². The quantitative estimate of drug-likeness (QED) is 0.310. The maximum Gasteiger partial charge on any atom is 0.269 e. The molecule has 3 aromatic rings. The molecule has 3 heterocycles. The summed E-state index contributed by atoms with van der Waals surface area (Å²) >= 11 is 0. The number of methoxy groups -OCH3 is 1. The zero-order chi connectivity index (χ0) is 25.9. The number of halogens is 1. The van der Waals surface area contributed by atoms with Gasteiger partial charge in [-0.25, -0.2) is 4.39 Å². The van der Waals surface area contributed by atoms with E-state index in [1.54, 1.807) is 36.4 Å². The molecule has 3 aliphatic heterocycles. The Morgan fingerprint density at radius 1 is 1.16 bits per heavy atom. The number of non-ortho nitro benzene ring substituents is 1. The lowest BCUT2D eigenvalue weighted by molar-refractivity contribution is -0.384. The van der Waals surface area contributed by atoms with Crippen molar-refractivity contribution in [1.82, 2.24) is 4.90 Å². The largest absolute Gasteiger partial charge is 0.497 e. The van der Waals surface area contributed by atoms with E-state index in [4.69, 9.17) is 4.74 Å². The topological polar surface area (TPSA) is 102 Å². The second-order valence-corrected chi connectivity index (χ2v) is 9.77. The van der Waals surface area contributed by atoms with Gasteiger partial charge in [-0.05, 0) is 55.3 Å². The molecule has 0 radical (unpaired) electrons. The van der Waals surface area contributed by atoms with Crippen LogP contribution in [0, 0.1) is 21.8 Å². The minimum absolute atomic E-state index is 0.0853. The highest BCUT2D eigenvalue weighted by atomic mass is 19.1. The van der Waals surface area contributed by atoms with E-state index >= 15 is 0 Å². The normalized spacial score (nSPS) is 26.1. The maximum atomic E-state index is 14.6. The highest BCUT2D eigenvalue weighted by molar-refractivity contribution is 6.12. The lowest BCUT2D eigenvalue weighted by atomic mass is 9.68. The number of carbonyl (C=O) groups is 2. The van der Waals surface area contributed by atoms with E-state index < -0.39 is 28.1 Å². The Bertz CT molecular complexity index is 1460. The van der Waals surface area contributed by atoms with Crippen molar-refractivity contribution in [1.29, 1.82) is 0 Å². The average molecular weight is 502 g/mol. The number of ketones is 1. The molecule has 0 bridgehead atoms. The standard InChI is InChI=1S/C28H24FN3O5/c1-37-20-8-3-6-17(14-20)26(33)25-24(16-5-2-7-19(13-16)32(35)36)23-9-4-12-31(23)28(25)21-15-18(29)10-11-22(21)30-27(28)34/h2-3,5-8,10-11,13-15,23-25H,4,9,12H2,1H3,(H,30,34)/t23?,24?,25?,28-/m1/s1. The van der Waals surface area contributed by atoms with Gasteiger partial charge in [-0.15, -0.1) is 0 Å². The molecule has 4 atom stereocenters. The van der Waals surface area contributed by atoms with Gasteiger partial charge in [0.05, 0.1) is 18.0 Å². The lowest BCUT2D eigenvalue weighted by Crippen LogP contribution is -2.52. The Balaban J connectivity index is 1.62. The summed E-state index contributed by atoms with van der Waals surface area (Å²) in [6, 6.07) is 16.9. The molecule has 3 unspecified atom stereocenters. The molecular formula is C28H24FN3O5. The number of nitrogens with one attached hydrogen (secondary N) is 1. The van der Waals surface area contributed by atoms with E-state index in [1.807, 2.05) is 4.90 Å². The zero-order valence-electron chi connectivity index (χ0n) is 20.0. The first-order chi connectivity index (χ1) is 17.9. The Morgan fingerprint density at radius 3 is 2.76 bits per heavy atom. The number of hydrogen-bond donors (Lipinski definition) is 1. The fourth-order valence-electron chi connectivity index (χ4n) is 6.71. The van der Waals surface area contributed by atoms with Crippen molar-refractivity contribution in [2.24, 2.45) is 5.92 Å². The van der Waals surface area contributed by atoms with Gasteiger partial charge in [0.15, 0.2) is 5.78 Å². The van der Waals surface area contributed by atoms with E-state index in [0.29, 0.717) is 41.1 Å². The number of fused-ring (bicyclic) bond motifs is 4. The fraction of sp³-hybridized carbons (Fsp3) is 0.286. The highest BCUT2D eigenvalue weighted by Crippen LogP contribution is 2.61. The summed E-state index contributed by atoms with van der Waals surface area (Å²) < 4.78 is 20.0. The number of hydrogen-bond acceptors (Lipinski definition) is 6. The molecule has 188 valence electrons. The number of nitro benzene ring substituents is 1. The second kappa shape index (κ2) is 8.48. The molecule has 0 aliphatic carbocycles. The summed E-state index contributed by atoms with van der Waals surface area (Å²) in [5.41, 5.74) is 0.338. The Labute approximate surface area is 212 Å². The molecule has 0 aromatic heterocycles. The summed E-state index contributed by atoms with van der Waals surface area (Å²) in [7, 11) is 1.51. The van der Waals surface area contributed by atoms with Gasteiger partial charge < -0.3 is 10.1 Å². The Kier molecular flexibility index (Phi) is 5.34. The van der Waals surface area contributed by atoms with Gasteiger partial charge in [0.1, 0.15) is 17.1 Å². The number of Topliss-reactive ketones (excluding diaryl/α,β-unsaturated/α-hetero) is 1. The van der Waals surface area contributed by atoms with Crippen molar-refractivity contribution in [3.05, 3.63) is 99.4 Å². The number of nitrogens with zero attached hydrogens (tertiary/aromatic N) is 2. The van der Waals surface area contributed by atoms with Crippen molar-refractivity contribution in [2.45, 2.75) is 30.3 Å².